The quantitative estimate of drug-likeness (QED) is 0.450. The smallest absolute Gasteiger partial charge is 0.319 e. The van der Waals surface area contributed by atoms with Gasteiger partial charge in [-0.2, -0.15) is 0 Å². The predicted octanol–water partition coefficient (Wildman–Crippen LogP) is 3.74. The van der Waals surface area contributed by atoms with Crippen molar-refractivity contribution in [2.45, 2.75) is 33.0 Å². The number of guanidine groups is 1. The highest BCUT2D eigenvalue weighted by molar-refractivity contribution is 6.30. The topological polar surface area (TPSA) is 77.5 Å². The molecule has 2 amide bonds. The van der Waals surface area contributed by atoms with Crippen molar-refractivity contribution < 1.29 is 4.79 Å². The van der Waals surface area contributed by atoms with Crippen molar-refractivity contribution >= 4 is 29.3 Å². The zero-order valence-corrected chi connectivity index (χ0v) is 16.6. The summed E-state index contributed by atoms with van der Waals surface area (Å²) in [5, 5.41) is 12.8. The Morgan fingerprint density at radius 2 is 1.70 bits per heavy atom. The van der Waals surface area contributed by atoms with Crippen molar-refractivity contribution in [2.75, 3.05) is 12.4 Å². The first-order valence-electron chi connectivity index (χ1n) is 8.81. The van der Waals surface area contributed by atoms with Crippen LogP contribution in [0.1, 0.15) is 25.0 Å². The SMILES string of the molecule is CN=C(NCc1ccc(NC(=O)NC(C)C)cc1)NCc1cccc(Cl)c1. The van der Waals surface area contributed by atoms with E-state index in [0.717, 1.165) is 16.8 Å². The first kappa shape index (κ1) is 20.6. The molecule has 0 heterocycles. The van der Waals surface area contributed by atoms with Gasteiger partial charge in [0, 0.05) is 36.9 Å². The Balaban J connectivity index is 1.81. The van der Waals surface area contributed by atoms with Gasteiger partial charge in [-0.05, 0) is 49.2 Å². The lowest BCUT2D eigenvalue weighted by Crippen LogP contribution is -2.36. The first-order valence-corrected chi connectivity index (χ1v) is 9.19. The van der Waals surface area contributed by atoms with E-state index in [9.17, 15) is 4.79 Å². The highest BCUT2D eigenvalue weighted by Crippen LogP contribution is 2.11. The second kappa shape index (κ2) is 10.4. The van der Waals surface area contributed by atoms with Gasteiger partial charge >= 0.3 is 6.03 Å². The van der Waals surface area contributed by atoms with Gasteiger partial charge in [0.2, 0.25) is 0 Å². The van der Waals surface area contributed by atoms with Crippen LogP contribution in [-0.2, 0) is 13.1 Å². The van der Waals surface area contributed by atoms with Crippen LogP contribution in [0.4, 0.5) is 10.5 Å². The number of aliphatic imine (C=N–C) groups is 1. The van der Waals surface area contributed by atoms with E-state index in [-0.39, 0.29) is 12.1 Å². The fraction of sp³-hybridized carbons (Fsp3) is 0.300. The van der Waals surface area contributed by atoms with E-state index in [2.05, 4.69) is 26.3 Å². The van der Waals surface area contributed by atoms with E-state index in [1.807, 2.05) is 62.4 Å². The summed E-state index contributed by atoms with van der Waals surface area (Å²) in [5.74, 6) is 0.702. The molecule has 0 fully saturated rings. The first-order chi connectivity index (χ1) is 13.0. The molecule has 4 N–H and O–H groups in total. The summed E-state index contributed by atoms with van der Waals surface area (Å²) in [6, 6.07) is 15.3. The number of amides is 2. The Kier molecular flexibility index (Phi) is 7.95. The molecular weight excluding hydrogens is 362 g/mol. The average Bonchev–Trinajstić information content (AvgIpc) is 2.62. The number of carbonyl (C=O) groups excluding carboxylic acids is 1. The fourth-order valence-corrected chi connectivity index (χ4v) is 2.59. The van der Waals surface area contributed by atoms with E-state index < -0.39 is 0 Å². The van der Waals surface area contributed by atoms with Crippen molar-refractivity contribution in [1.29, 1.82) is 0 Å². The largest absolute Gasteiger partial charge is 0.352 e. The number of anilines is 1. The van der Waals surface area contributed by atoms with Gasteiger partial charge in [-0.3, -0.25) is 4.99 Å². The molecule has 0 saturated heterocycles. The molecule has 2 rings (SSSR count). The molecule has 0 atom stereocenters. The fourth-order valence-electron chi connectivity index (χ4n) is 2.37. The van der Waals surface area contributed by atoms with Crippen LogP contribution < -0.4 is 21.3 Å². The Bertz CT molecular complexity index is 774. The maximum absolute atomic E-state index is 11.7. The second-order valence-corrected chi connectivity index (χ2v) is 6.80. The standard InChI is InChI=1S/C20H26ClN5O/c1-14(2)25-20(27)26-18-9-7-15(8-10-18)12-23-19(22-3)24-13-16-5-4-6-17(21)11-16/h4-11,14H,12-13H2,1-3H3,(H2,22,23,24)(H2,25,26,27). The van der Waals surface area contributed by atoms with Crippen molar-refractivity contribution in [3.05, 3.63) is 64.7 Å². The van der Waals surface area contributed by atoms with Crippen LogP contribution in [0.5, 0.6) is 0 Å². The summed E-state index contributed by atoms with van der Waals surface area (Å²) < 4.78 is 0. The summed E-state index contributed by atoms with van der Waals surface area (Å²) in [5.41, 5.74) is 2.91. The number of rotatable bonds is 6. The number of nitrogens with one attached hydrogen (secondary N) is 4. The van der Waals surface area contributed by atoms with Gasteiger partial charge < -0.3 is 21.3 Å². The summed E-state index contributed by atoms with van der Waals surface area (Å²) in [7, 11) is 1.73. The van der Waals surface area contributed by atoms with Crippen molar-refractivity contribution in [2.24, 2.45) is 4.99 Å². The van der Waals surface area contributed by atoms with Gasteiger partial charge in [-0.15, -0.1) is 0 Å². The molecule has 144 valence electrons. The van der Waals surface area contributed by atoms with Gasteiger partial charge in [0.1, 0.15) is 0 Å². The van der Waals surface area contributed by atoms with Crippen molar-refractivity contribution in [1.82, 2.24) is 16.0 Å². The van der Waals surface area contributed by atoms with E-state index in [1.165, 1.54) is 0 Å². The number of benzene rings is 2. The maximum Gasteiger partial charge on any atom is 0.319 e. The van der Waals surface area contributed by atoms with Gasteiger partial charge in [0.05, 0.1) is 0 Å². The van der Waals surface area contributed by atoms with Gasteiger partial charge in [0.15, 0.2) is 5.96 Å². The third-order valence-electron chi connectivity index (χ3n) is 3.66. The Morgan fingerprint density at radius 3 is 2.30 bits per heavy atom. The summed E-state index contributed by atoms with van der Waals surface area (Å²) >= 11 is 6.00. The maximum atomic E-state index is 11.7. The Morgan fingerprint density at radius 1 is 1.04 bits per heavy atom. The summed E-state index contributed by atoms with van der Waals surface area (Å²) in [6.07, 6.45) is 0. The number of halogens is 1. The van der Waals surface area contributed by atoms with Crippen LogP contribution in [0.3, 0.4) is 0 Å². The number of hydrogen-bond donors (Lipinski definition) is 4. The highest BCUT2D eigenvalue weighted by Gasteiger charge is 2.04. The molecule has 0 spiro atoms. The molecule has 0 aromatic heterocycles. The second-order valence-electron chi connectivity index (χ2n) is 6.36. The van der Waals surface area contributed by atoms with E-state index in [4.69, 9.17) is 11.6 Å². The van der Waals surface area contributed by atoms with Crippen LogP contribution in [0.2, 0.25) is 5.02 Å². The van der Waals surface area contributed by atoms with Crippen LogP contribution >= 0.6 is 11.6 Å². The molecule has 6 nitrogen and oxygen atoms in total. The number of urea groups is 1. The lowest BCUT2D eigenvalue weighted by Gasteiger charge is -2.13. The average molecular weight is 388 g/mol. The molecule has 2 aromatic rings. The number of carbonyl (C=O) groups is 1. The molecule has 0 bridgehead atoms. The molecule has 2 aromatic carbocycles. The Labute approximate surface area is 165 Å². The highest BCUT2D eigenvalue weighted by atomic mass is 35.5. The molecule has 0 saturated carbocycles. The third-order valence-corrected chi connectivity index (χ3v) is 3.90. The van der Waals surface area contributed by atoms with Crippen molar-refractivity contribution in [3.63, 3.8) is 0 Å². The van der Waals surface area contributed by atoms with Gasteiger partial charge in [-0.1, -0.05) is 35.9 Å². The number of nitrogens with zero attached hydrogens (tertiary/aromatic N) is 1. The van der Waals surface area contributed by atoms with Gasteiger partial charge in [0.25, 0.3) is 0 Å². The minimum Gasteiger partial charge on any atom is -0.352 e. The van der Waals surface area contributed by atoms with Crippen LogP contribution in [-0.4, -0.2) is 25.1 Å². The normalized spacial score (nSPS) is 11.2. The van der Waals surface area contributed by atoms with Crippen LogP contribution in [0, 0.1) is 0 Å². The molecular formula is C20H26ClN5O. The zero-order valence-electron chi connectivity index (χ0n) is 15.8. The molecule has 0 unspecified atom stereocenters. The molecule has 0 aliphatic rings. The molecule has 0 aliphatic heterocycles. The van der Waals surface area contributed by atoms with Crippen LogP contribution in [0.25, 0.3) is 0 Å². The van der Waals surface area contributed by atoms with Crippen LogP contribution in [0.15, 0.2) is 53.5 Å². The monoisotopic (exact) mass is 387 g/mol. The predicted molar refractivity (Wildman–Crippen MR) is 112 cm³/mol. The molecule has 0 aliphatic carbocycles. The van der Waals surface area contributed by atoms with E-state index in [0.29, 0.717) is 24.1 Å². The zero-order chi connectivity index (χ0) is 19.6. The van der Waals surface area contributed by atoms with E-state index >= 15 is 0 Å². The third kappa shape index (κ3) is 7.58. The minimum absolute atomic E-state index is 0.0969. The molecule has 27 heavy (non-hydrogen) atoms. The molecule has 7 heteroatoms. The van der Waals surface area contributed by atoms with Gasteiger partial charge in [-0.25, -0.2) is 4.79 Å². The number of hydrogen-bond acceptors (Lipinski definition) is 2. The lowest BCUT2D eigenvalue weighted by molar-refractivity contribution is 0.250. The minimum atomic E-state index is -0.207. The van der Waals surface area contributed by atoms with E-state index in [1.54, 1.807) is 7.05 Å². The summed E-state index contributed by atoms with van der Waals surface area (Å²) in [4.78, 5) is 15.9. The summed E-state index contributed by atoms with van der Waals surface area (Å²) in [6.45, 7) is 5.09. The molecule has 0 radical (unpaired) electrons. The Hall–Kier alpha value is -2.73. The lowest BCUT2D eigenvalue weighted by atomic mass is 10.2. The van der Waals surface area contributed by atoms with Crippen molar-refractivity contribution in [3.8, 4) is 0 Å².